The molecule has 1 aliphatic heterocycles. The van der Waals surface area contributed by atoms with Gasteiger partial charge in [0, 0.05) is 49.6 Å². The highest BCUT2D eigenvalue weighted by Crippen LogP contribution is 2.34. The van der Waals surface area contributed by atoms with Crippen LogP contribution >= 0.6 is 23.2 Å². The molecule has 1 fully saturated rings. The molecule has 7 nitrogen and oxygen atoms in total. The van der Waals surface area contributed by atoms with Crippen molar-refractivity contribution in [3.8, 4) is 0 Å². The van der Waals surface area contributed by atoms with Crippen LogP contribution in [-0.2, 0) is 27.2 Å². The fraction of sp³-hybridized carbons (Fsp3) is 0.444. The van der Waals surface area contributed by atoms with Crippen molar-refractivity contribution in [1.82, 2.24) is 4.98 Å². The first-order valence-electron chi connectivity index (χ1n) is 12.2. The van der Waals surface area contributed by atoms with Crippen LogP contribution in [-0.4, -0.2) is 48.1 Å². The molecule has 9 heteroatoms. The number of amides is 1. The summed E-state index contributed by atoms with van der Waals surface area (Å²) in [5.74, 6) is -0.230. The molecule has 1 aromatic heterocycles. The highest BCUT2D eigenvalue weighted by Gasteiger charge is 2.30. The smallest absolute Gasteiger partial charge is 0.330 e. The van der Waals surface area contributed by atoms with Crippen molar-refractivity contribution in [2.24, 2.45) is 10.9 Å². The Balaban J connectivity index is 1.54. The van der Waals surface area contributed by atoms with E-state index in [1.807, 2.05) is 18.2 Å². The number of hydrogen-bond donors (Lipinski definition) is 0. The molecule has 1 aromatic carbocycles. The molecule has 2 heterocycles. The minimum Gasteiger partial charge on any atom is -0.467 e. The normalized spacial score (nSPS) is 19.3. The third-order valence-corrected chi connectivity index (χ3v) is 7.30. The lowest BCUT2D eigenvalue weighted by molar-refractivity contribution is -0.142. The summed E-state index contributed by atoms with van der Waals surface area (Å²) in [6.45, 7) is 2.60. The summed E-state index contributed by atoms with van der Waals surface area (Å²) >= 11 is 12.4. The van der Waals surface area contributed by atoms with Crippen LogP contribution in [0.2, 0.25) is 10.0 Å². The standard InChI is InChI=1S/C27H29Cl2N3O4/c1-3-4-16-10-19(13-20(33)11-16)31-23(27(35)36-2)12-17-5-6-24-18(9-17)7-8-32(24)26(34)25-21(28)14-30-15-22(25)29/h5-6,9,14-16,23H,3-4,7-8,10-13H2,1-2H3. The minimum absolute atomic E-state index is 0.179. The van der Waals surface area contributed by atoms with E-state index in [-0.39, 0.29) is 27.3 Å². The quantitative estimate of drug-likeness (QED) is 0.454. The average Bonchev–Trinajstić information content (AvgIpc) is 3.26. The van der Waals surface area contributed by atoms with Crippen LogP contribution < -0.4 is 4.90 Å². The summed E-state index contributed by atoms with van der Waals surface area (Å²) in [6.07, 6.45) is 7.45. The minimum atomic E-state index is -0.718. The lowest BCUT2D eigenvalue weighted by atomic mass is 9.84. The molecule has 0 saturated heterocycles. The fourth-order valence-corrected chi connectivity index (χ4v) is 5.64. The molecule has 1 amide bonds. The molecular formula is C27H29Cl2N3O4. The number of Topliss-reactive ketones (excluding diaryl/α,β-unsaturated/α-hetero) is 1. The van der Waals surface area contributed by atoms with Gasteiger partial charge in [-0.15, -0.1) is 0 Å². The van der Waals surface area contributed by atoms with Crippen LogP contribution in [0.25, 0.3) is 0 Å². The largest absolute Gasteiger partial charge is 0.467 e. The van der Waals surface area contributed by atoms with Gasteiger partial charge in [-0.25, -0.2) is 4.79 Å². The number of benzene rings is 1. The number of anilines is 1. The van der Waals surface area contributed by atoms with Gasteiger partial charge in [0.1, 0.15) is 5.78 Å². The van der Waals surface area contributed by atoms with Crippen molar-refractivity contribution in [2.45, 2.75) is 57.9 Å². The van der Waals surface area contributed by atoms with Crippen molar-refractivity contribution in [3.63, 3.8) is 0 Å². The molecule has 1 aliphatic carbocycles. The zero-order valence-electron chi connectivity index (χ0n) is 20.4. The number of methoxy groups -OCH3 is 1. The zero-order chi connectivity index (χ0) is 25.8. The maximum atomic E-state index is 13.2. The Morgan fingerprint density at radius 2 is 1.97 bits per heavy atom. The zero-order valence-corrected chi connectivity index (χ0v) is 21.9. The number of nitrogens with zero attached hydrogens (tertiary/aromatic N) is 3. The number of ketones is 1. The highest BCUT2D eigenvalue weighted by atomic mass is 35.5. The number of carbonyl (C=O) groups excluding carboxylic acids is 3. The number of fused-ring (bicyclic) bond motifs is 1. The Hall–Kier alpha value is -2.77. The Kier molecular flexibility index (Phi) is 8.42. The molecular weight excluding hydrogens is 501 g/mol. The maximum absolute atomic E-state index is 13.2. The van der Waals surface area contributed by atoms with E-state index in [1.54, 1.807) is 4.90 Å². The summed E-state index contributed by atoms with van der Waals surface area (Å²) in [5, 5.41) is 0.417. The third-order valence-electron chi connectivity index (χ3n) is 6.73. The van der Waals surface area contributed by atoms with Gasteiger partial charge in [0.15, 0.2) is 6.04 Å². The number of aliphatic imine (C=N–C) groups is 1. The molecule has 190 valence electrons. The molecule has 1 saturated carbocycles. The monoisotopic (exact) mass is 529 g/mol. The lowest BCUT2D eigenvalue weighted by Crippen LogP contribution is -2.29. The number of ether oxygens (including phenoxy) is 1. The summed E-state index contributed by atoms with van der Waals surface area (Å²) in [6, 6.07) is 5.05. The topological polar surface area (TPSA) is 88.9 Å². The van der Waals surface area contributed by atoms with E-state index in [2.05, 4.69) is 11.9 Å². The molecule has 0 radical (unpaired) electrons. The van der Waals surface area contributed by atoms with E-state index in [0.717, 1.165) is 41.8 Å². The van der Waals surface area contributed by atoms with Crippen LogP contribution in [0.4, 0.5) is 5.69 Å². The Morgan fingerprint density at radius 1 is 1.22 bits per heavy atom. The van der Waals surface area contributed by atoms with Gasteiger partial charge < -0.3 is 9.64 Å². The third kappa shape index (κ3) is 5.79. The lowest BCUT2D eigenvalue weighted by Gasteiger charge is -2.23. The molecule has 2 aromatic rings. The predicted octanol–water partition coefficient (Wildman–Crippen LogP) is 5.29. The second-order valence-corrected chi connectivity index (χ2v) is 10.2. The van der Waals surface area contributed by atoms with E-state index >= 15 is 0 Å². The molecule has 36 heavy (non-hydrogen) atoms. The SMILES string of the molecule is CCCC1CC(=O)CC(=NC(Cc2ccc3c(c2)CCN3C(=O)c2c(Cl)cncc2Cl)C(=O)OC)C1. The first kappa shape index (κ1) is 26.3. The van der Waals surface area contributed by atoms with Gasteiger partial charge in [-0.3, -0.25) is 19.6 Å². The van der Waals surface area contributed by atoms with Gasteiger partial charge in [0.05, 0.1) is 22.7 Å². The van der Waals surface area contributed by atoms with Crippen molar-refractivity contribution in [3.05, 3.63) is 57.3 Å². The molecule has 2 unspecified atom stereocenters. The van der Waals surface area contributed by atoms with Crippen molar-refractivity contribution in [2.75, 3.05) is 18.6 Å². The molecule has 2 aliphatic rings. The van der Waals surface area contributed by atoms with Crippen LogP contribution in [0.5, 0.6) is 0 Å². The van der Waals surface area contributed by atoms with E-state index in [1.165, 1.54) is 19.5 Å². The second-order valence-electron chi connectivity index (χ2n) is 9.36. The number of pyridine rings is 1. The van der Waals surface area contributed by atoms with Gasteiger partial charge in [-0.1, -0.05) is 48.7 Å². The van der Waals surface area contributed by atoms with Gasteiger partial charge in [0.25, 0.3) is 5.91 Å². The van der Waals surface area contributed by atoms with Gasteiger partial charge in [-0.05, 0) is 42.4 Å². The summed E-state index contributed by atoms with van der Waals surface area (Å²) < 4.78 is 5.03. The van der Waals surface area contributed by atoms with Crippen molar-refractivity contribution >= 4 is 52.3 Å². The fourth-order valence-electron chi connectivity index (χ4n) is 5.12. The van der Waals surface area contributed by atoms with Crippen LogP contribution in [0.3, 0.4) is 0 Å². The molecule has 4 rings (SSSR count). The number of rotatable bonds is 7. The molecule has 0 bridgehead atoms. The average molecular weight is 530 g/mol. The highest BCUT2D eigenvalue weighted by molar-refractivity contribution is 6.40. The molecule has 0 N–H and O–H groups in total. The Labute approximate surface area is 220 Å². The first-order valence-corrected chi connectivity index (χ1v) is 12.9. The maximum Gasteiger partial charge on any atom is 0.330 e. The van der Waals surface area contributed by atoms with E-state index in [4.69, 9.17) is 32.9 Å². The molecule has 0 spiro atoms. The van der Waals surface area contributed by atoms with E-state index in [0.29, 0.717) is 38.1 Å². The van der Waals surface area contributed by atoms with Gasteiger partial charge in [-0.2, -0.15) is 0 Å². The van der Waals surface area contributed by atoms with Gasteiger partial charge >= 0.3 is 5.97 Å². The van der Waals surface area contributed by atoms with Crippen molar-refractivity contribution in [1.29, 1.82) is 0 Å². The van der Waals surface area contributed by atoms with Crippen molar-refractivity contribution < 1.29 is 19.1 Å². The van der Waals surface area contributed by atoms with E-state index in [9.17, 15) is 14.4 Å². The summed E-state index contributed by atoms with van der Waals surface area (Å²) in [4.78, 5) is 48.3. The van der Waals surface area contributed by atoms with E-state index < -0.39 is 12.0 Å². The van der Waals surface area contributed by atoms with Gasteiger partial charge in [0.2, 0.25) is 0 Å². The van der Waals surface area contributed by atoms with Crippen LogP contribution in [0.15, 0.2) is 35.6 Å². The Morgan fingerprint density at radius 3 is 2.67 bits per heavy atom. The number of esters is 1. The number of aromatic nitrogens is 1. The first-order chi connectivity index (χ1) is 17.3. The number of carbonyl (C=O) groups is 3. The number of hydrogen-bond acceptors (Lipinski definition) is 6. The summed E-state index contributed by atoms with van der Waals surface area (Å²) in [7, 11) is 1.35. The van der Waals surface area contributed by atoms with Crippen LogP contribution in [0.1, 0.15) is 60.5 Å². The number of halogens is 2. The van der Waals surface area contributed by atoms with Crippen LogP contribution in [0, 0.1) is 5.92 Å². The second kappa shape index (κ2) is 11.5. The summed E-state index contributed by atoms with van der Waals surface area (Å²) in [5.41, 5.74) is 3.71. The Bertz CT molecular complexity index is 1190. The predicted molar refractivity (Wildman–Crippen MR) is 140 cm³/mol. The molecule has 2 atom stereocenters.